The van der Waals surface area contributed by atoms with Gasteiger partial charge in [-0.25, -0.2) is 4.79 Å². The zero-order chi connectivity index (χ0) is 12.7. The normalized spacial score (nSPS) is 19.1. The molecule has 0 bridgehead atoms. The van der Waals surface area contributed by atoms with Gasteiger partial charge in [-0.1, -0.05) is 13.8 Å². The van der Waals surface area contributed by atoms with Gasteiger partial charge < -0.3 is 10.4 Å². The second-order valence-corrected chi connectivity index (χ2v) is 4.18. The van der Waals surface area contributed by atoms with Crippen molar-refractivity contribution in [2.75, 3.05) is 5.32 Å². The van der Waals surface area contributed by atoms with Crippen LogP contribution in [0.3, 0.4) is 0 Å². The number of nitrogens with one attached hydrogen (secondary N) is 1. The van der Waals surface area contributed by atoms with Crippen molar-refractivity contribution < 1.29 is 19.5 Å². The minimum absolute atomic E-state index is 0.106. The predicted octanol–water partition coefficient (Wildman–Crippen LogP) is 0.446. The number of nitrogens with zero attached hydrogens (tertiary/aromatic N) is 2. The van der Waals surface area contributed by atoms with Crippen LogP contribution in [0.1, 0.15) is 29.1 Å². The largest absolute Gasteiger partial charge is 0.476 e. The van der Waals surface area contributed by atoms with Crippen LogP contribution in [0.15, 0.2) is 6.07 Å². The number of carboxylic acid groups (broad SMARTS) is 1. The molecule has 1 aromatic heterocycles. The lowest BCUT2D eigenvalue weighted by atomic mass is 9.93. The molecule has 1 amide bonds. The number of aromatic nitrogens is 2. The van der Waals surface area contributed by atoms with Crippen molar-refractivity contribution in [3.8, 4) is 0 Å². The lowest BCUT2D eigenvalue weighted by Crippen LogP contribution is -2.42. The van der Waals surface area contributed by atoms with E-state index >= 15 is 0 Å². The fraction of sp³-hybridized carbons (Fsp3) is 0.400. The molecule has 17 heavy (non-hydrogen) atoms. The number of rotatable bonds is 2. The lowest BCUT2D eigenvalue weighted by molar-refractivity contribution is -0.120. The van der Waals surface area contributed by atoms with Crippen molar-refractivity contribution in [3.63, 3.8) is 0 Å². The fourth-order valence-electron chi connectivity index (χ4n) is 1.78. The molecule has 1 atom stereocenters. The van der Waals surface area contributed by atoms with Crippen LogP contribution in [0.2, 0.25) is 0 Å². The number of carboxylic acids is 1. The number of fused-ring (bicyclic) bond motifs is 1. The van der Waals surface area contributed by atoms with Gasteiger partial charge in [0.2, 0.25) is 5.91 Å². The van der Waals surface area contributed by atoms with E-state index in [4.69, 9.17) is 5.11 Å². The second kappa shape index (κ2) is 3.69. The summed E-state index contributed by atoms with van der Waals surface area (Å²) in [7, 11) is 0. The molecule has 2 N–H and O–H groups in total. The van der Waals surface area contributed by atoms with Crippen LogP contribution < -0.4 is 5.32 Å². The first-order chi connectivity index (χ1) is 7.91. The summed E-state index contributed by atoms with van der Waals surface area (Å²) in [5.74, 6) is -3.05. The molecule has 1 aromatic rings. The van der Waals surface area contributed by atoms with Gasteiger partial charge in [-0.3, -0.25) is 9.59 Å². The number of carbonyl (C=O) groups excluding carboxylic acids is 2. The minimum atomic E-state index is -1.24. The maximum Gasteiger partial charge on any atom is 0.356 e. The molecule has 0 fully saturated rings. The summed E-state index contributed by atoms with van der Waals surface area (Å²) in [5.41, 5.74) is -0.266. The highest BCUT2D eigenvalue weighted by Gasteiger charge is 2.38. The van der Waals surface area contributed by atoms with Gasteiger partial charge in [0.15, 0.2) is 5.69 Å². The Morgan fingerprint density at radius 1 is 1.53 bits per heavy atom. The Morgan fingerprint density at radius 2 is 2.18 bits per heavy atom. The zero-order valence-electron chi connectivity index (χ0n) is 9.30. The van der Waals surface area contributed by atoms with Gasteiger partial charge in [0.1, 0.15) is 11.7 Å². The first-order valence-corrected chi connectivity index (χ1v) is 5.10. The van der Waals surface area contributed by atoms with E-state index in [9.17, 15) is 14.4 Å². The Bertz CT molecular complexity index is 518. The standard InChI is InChI=1S/C10H11N3O4/c1-4(2)7-8(14)11-6-3-5(10(16)17)12-13(6)9(7)15/h3-4,7H,1-2H3,(H,11,14)(H,16,17). The number of anilines is 1. The SMILES string of the molecule is CC(C)C1C(=O)Nc2cc(C(=O)O)nn2C1=O. The van der Waals surface area contributed by atoms with Crippen molar-refractivity contribution in [2.24, 2.45) is 11.8 Å². The molecule has 1 unspecified atom stereocenters. The average Bonchev–Trinajstić information content (AvgIpc) is 2.60. The smallest absolute Gasteiger partial charge is 0.356 e. The van der Waals surface area contributed by atoms with E-state index in [0.717, 1.165) is 10.7 Å². The van der Waals surface area contributed by atoms with E-state index in [0.29, 0.717) is 0 Å². The van der Waals surface area contributed by atoms with Crippen LogP contribution in [-0.2, 0) is 4.79 Å². The molecule has 0 saturated carbocycles. The molecule has 0 spiro atoms. The number of amides is 1. The topological polar surface area (TPSA) is 101 Å². The predicted molar refractivity (Wildman–Crippen MR) is 56.8 cm³/mol. The monoisotopic (exact) mass is 237 g/mol. The Kier molecular flexibility index (Phi) is 2.45. The molecule has 0 radical (unpaired) electrons. The van der Waals surface area contributed by atoms with Crippen molar-refractivity contribution in [3.05, 3.63) is 11.8 Å². The first-order valence-electron chi connectivity index (χ1n) is 5.10. The fourth-order valence-corrected chi connectivity index (χ4v) is 1.78. The molecule has 2 rings (SSSR count). The highest BCUT2D eigenvalue weighted by atomic mass is 16.4. The average molecular weight is 237 g/mol. The zero-order valence-corrected chi connectivity index (χ0v) is 9.30. The highest BCUT2D eigenvalue weighted by Crippen LogP contribution is 2.24. The van der Waals surface area contributed by atoms with Gasteiger partial charge >= 0.3 is 5.97 Å². The maximum atomic E-state index is 12.0. The van der Waals surface area contributed by atoms with Crippen molar-refractivity contribution in [1.82, 2.24) is 9.78 Å². The Balaban J connectivity index is 2.47. The number of hydrogen-bond donors (Lipinski definition) is 2. The highest BCUT2D eigenvalue weighted by molar-refractivity contribution is 6.12. The van der Waals surface area contributed by atoms with Crippen LogP contribution in [0.5, 0.6) is 0 Å². The van der Waals surface area contributed by atoms with Crippen LogP contribution in [0, 0.1) is 11.8 Å². The van der Waals surface area contributed by atoms with E-state index < -0.39 is 23.7 Å². The quantitative estimate of drug-likeness (QED) is 0.727. The van der Waals surface area contributed by atoms with E-state index in [1.54, 1.807) is 13.8 Å². The third-order valence-corrected chi connectivity index (χ3v) is 2.60. The van der Waals surface area contributed by atoms with Crippen LogP contribution in [0.25, 0.3) is 0 Å². The van der Waals surface area contributed by atoms with Crippen molar-refractivity contribution >= 4 is 23.6 Å². The molecular weight excluding hydrogens is 226 g/mol. The molecule has 7 heteroatoms. The molecule has 0 saturated heterocycles. The number of carbonyl (C=O) groups is 3. The molecule has 1 aliphatic rings. The Hall–Kier alpha value is -2.18. The van der Waals surface area contributed by atoms with Gasteiger partial charge in [0.05, 0.1) is 0 Å². The van der Waals surface area contributed by atoms with E-state index in [1.807, 2.05) is 0 Å². The van der Waals surface area contributed by atoms with Gasteiger partial charge in [-0.05, 0) is 5.92 Å². The minimum Gasteiger partial charge on any atom is -0.476 e. The third kappa shape index (κ3) is 1.69. The number of aromatic carboxylic acids is 1. The summed E-state index contributed by atoms with van der Waals surface area (Å²) < 4.78 is 0.940. The Morgan fingerprint density at radius 3 is 2.71 bits per heavy atom. The van der Waals surface area contributed by atoms with Gasteiger partial charge in [-0.2, -0.15) is 9.78 Å². The number of hydrogen-bond acceptors (Lipinski definition) is 4. The van der Waals surface area contributed by atoms with Crippen molar-refractivity contribution in [2.45, 2.75) is 13.8 Å². The molecular formula is C10H11N3O4. The molecule has 0 aromatic carbocycles. The van der Waals surface area contributed by atoms with E-state index in [1.165, 1.54) is 0 Å². The van der Waals surface area contributed by atoms with Gasteiger partial charge in [0.25, 0.3) is 5.91 Å². The molecule has 0 aliphatic carbocycles. The third-order valence-electron chi connectivity index (χ3n) is 2.60. The molecule has 7 nitrogen and oxygen atoms in total. The van der Waals surface area contributed by atoms with Gasteiger partial charge in [-0.15, -0.1) is 0 Å². The molecule has 1 aliphatic heterocycles. The van der Waals surface area contributed by atoms with Crippen LogP contribution >= 0.6 is 0 Å². The summed E-state index contributed by atoms with van der Waals surface area (Å²) in [5, 5.41) is 14.9. The summed E-state index contributed by atoms with van der Waals surface area (Å²) in [6.07, 6.45) is 0. The molecule has 2 heterocycles. The maximum absolute atomic E-state index is 12.0. The molecule has 90 valence electrons. The van der Waals surface area contributed by atoms with E-state index in [2.05, 4.69) is 10.4 Å². The summed E-state index contributed by atoms with van der Waals surface area (Å²) in [6, 6.07) is 1.16. The summed E-state index contributed by atoms with van der Waals surface area (Å²) in [4.78, 5) is 34.3. The second-order valence-electron chi connectivity index (χ2n) is 4.18. The van der Waals surface area contributed by atoms with Crippen LogP contribution in [-0.4, -0.2) is 32.7 Å². The van der Waals surface area contributed by atoms with Gasteiger partial charge in [0, 0.05) is 6.07 Å². The van der Waals surface area contributed by atoms with E-state index in [-0.39, 0.29) is 17.4 Å². The summed E-state index contributed by atoms with van der Waals surface area (Å²) in [6.45, 7) is 3.49. The van der Waals surface area contributed by atoms with Crippen molar-refractivity contribution in [1.29, 1.82) is 0 Å². The lowest BCUT2D eigenvalue weighted by Gasteiger charge is -2.23. The Labute approximate surface area is 96.4 Å². The summed E-state index contributed by atoms with van der Waals surface area (Å²) >= 11 is 0. The first kappa shape index (κ1) is 11.3. The van der Waals surface area contributed by atoms with Crippen LogP contribution in [0.4, 0.5) is 5.82 Å².